The Bertz CT molecular complexity index is 365. The molecule has 1 saturated heterocycles. The molecule has 2 amide bonds. The van der Waals surface area contributed by atoms with Crippen LogP contribution in [0.3, 0.4) is 0 Å². The van der Waals surface area contributed by atoms with E-state index in [4.69, 9.17) is 5.73 Å². The van der Waals surface area contributed by atoms with Crippen molar-refractivity contribution < 1.29 is 9.59 Å². The van der Waals surface area contributed by atoms with Crippen molar-refractivity contribution in [1.29, 1.82) is 0 Å². The molecule has 1 atom stereocenters. The molecular weight excluding hydrogens is 266 g/mol. The first kappa shape index (κ1) is 16.3. The van der Waals surface area contributed by atoms with Crippen molar-refractivity contribution in [2.45, 2.75) is 57.4 Å². The van der Waals surface area contributed by atoms with Gasteiger partial charge < -0.3 is 16.0 Å². The van der Waals surface area contributed by atoms with Gasteiger partial charge in [0.05, 0.1) is 0 Å². The number of amides is 2. The zero-order valence-electron chi connectivity index (χ0n) is 13.1. The van der Waals surface area contributed by atoms with Gasteiger partial charge in [-0.05, 0) is 63.3 Å². The third-order valence-electron chi connectivity index (χ3n) is 5.14. The molecule has 0 aromatic rings. The normalized spacial score (nSPS) is 30.0. The zero-order chi connectivity index (χ0) is 15.2. The molecule has 0 radical (unpaired) electrons. The molecule has 120 valence electrons. The fraction of sp³-hybridized carbons (Fsp3) is 0.875. The molecule has 2 rings (SSSR count). The van der Waals surface area contributed by atoms with Crippen molar-refractivity contribution in [3.05, 3.63) is 0 Å². The number of carbonyl (C=O) groups excluding carboxylic acids is 2. The van der Waals surface area contributed by atoms with Gasteiger partial charge in [0, 0.05) is 20.0 Å². The molecule has 0 spiro atoms. The topological polar surface area (TPSA) is 75.4 Å². The lowest BCUT2D eigenvalue weighted by Crippen LogP contribution is -2.51. The third-order valence-corrected chi connectivity index (χ3v) is 5.14. The maximum Gasteiger partial charge on any atom is 0.242 e. The molecule has 0 aromatic heterocycles. The van der Waals surface area contributed by atoms with Crippen LogP contribution in [0.15, 0.2) is 0 Å². The van der Waals surface area contributed by atoms with Gasteiger partial charge in [-0.2, -0.15) is 0 Å². The van der Waals surface area contributed by atoms with Gasteiger partial charge in [0.25, 0.3) is 0 Å². The summed E-state index contributed by atoms with van der Waals surface area (Å²) in [4.78, 5) is 26.3. The molecule has 1 aliphatic heterocycles. The van der Waals surface area contributed by atoms with Crippen molar-refractivity contribution in [3.63, 3.8) is 0 Å². The number of piperidine rings is 1. The number of hydrogen-bond acceptors (Lipinski definition) is 3. The van der Waals surface area contributed by atoms with E-state index in [1.54, 1.807) is 7.05 Å². The Labute approximate surface area is 127 Å². The van der Waals surface area contributed by atoms with Crippen LogP contribution in [0.4, 0.5) is 0 Å². The number of likely N-dealkylation sites (tertiary alicyclic amines) is 1. The van der Waals surface area contributed by atoms with Crippen LogP contribution in [-0.2, 0) is 9.59 Å². The average molecular weight is 295 g/mol. The van der Waals surface area contributed by atoms with E-state index in [1.165, 1.54) is 0 Å². The SMILES string of the molecule is CNC(=O)C1CCCCN1C(=O)CC1CCC(CN)CC1. The van der Waals surface area contributed by atoms with Gasteiger partial charge in [0.15, 0.2) is 0 Å². The predicted octanol–water partition coefficient (Wildman–Crippen LogP) is 1.27. The molecule has 5 heteroatoms. The molecule has 2 aliphatic rings. The van der Waals surface area contributed by atoms with Crippen LogP contribution in [-0.4, -0.2) is 42.9 Å². The molecule has 1 saturated carbocycles. The maximum atomic E-state index is 12.6. The molecule has 3 N–H and O–H groups in total. The van der Waals surface area contributed by atoms with E-state index in [1.807, 2.05) is 4.90 Å². The first-order valence-corrected chi connectivity index (χ1v) is 8.36. The lowest BCUT2D eigenvalue weighted by molar-refractivity contribution is -0.143. The van der Waals surface area contributed by atoms with E-state index < -0.39 is 0 Å². The van der Waals surface area contributed by atoms with Gasteiger partial charge >= 0.3 is 0 Å². The fourth-order valence-corrected chi connectivity index (χ4v) is 3.70. The van der Waals surface area contributed by atoms with Gasteiger partial charge in [0.1, 0.15) is 6.04 Å². The van der Waals surface area contributed by atoms with Gasteiger partial charge in [-0.1, -0.05) is 0 Å². The summed E-state index contributed by atoms with van der Waals surface area (Å²) in [7, 11) is 1.65. The van der Waals surface area contributed by atoms with Crippen molar-refractivity contribution >= 4 is 11.8 Å². The predicted molar refractivity (Wildman–Crippen MR) is 82.5 cm³/mol. The van der Waals surface area contributed by atoms with Crippen LogP contribution in [0.25, 0.3) is 0 Å². The van der Waals surface area contributed by atoms with Crippen molar-refractivity contribution in [2.24, 2.45) is 17.6 Å². The molecular formula is C16H29N3O2. The Kier molecular flexibility index (Phi) is 6.03. The minimum atomic E-state index is -0.253. The van der Waals surface area contributed by atoms with E-state index in [0.717, 1.165) is 58.0 Å². The minimum Gasteiger partial charge on any atom is -0.357 e. The fourth-order valence-electron chi connectivity index (χ4n) is 3.70. The average Bonchev–Trinajstić information content (AvgIpc) is 2.54. The summed E-state index contributed by atoms with van der Waals surface area (Å²) in [6.45, 7) is 1.50. The molecule has 2 fully saturated rings. The quantitative estimate of drug-likeness (QED) is 0.820. The number of carbonyl (C=O) groups is 2. The van der Waals surface area contributed by atoms with Crippen LogP contribution in [0, 0.1) is 11.8 Å². The molecule has 5 nitrogen and oxygen atoms in total. The first-order valence-electron chi connectivity index (χ1n) is 8.36. The summed E-state index contributed by atoms with van der Waals surface area (Å²) in [5.74, 6) is 1.27. The molecule has 0 aromatic carbocycles. The standard InChI is InChI=1S/C16H29N3O2/c1-18-16(21)14-4-2-3-9-19(14)15(20)10-12-5-7-13(11-17)8-6-12/h12-14H,2-11,17H2,1H3,(H,18,21). The Morgan fingerprint density at radius 1 is 1.10 bits per heavy atom. The Morgan fingerprint density at radius 2 is 1.76 bits per heavy atom. The van der Waals surface area contributed by atoms with Gasteiger partial charge in [-0.15, -0.1) is 0 Å². The highest BCUT2D eigenvalue weighted by Crippen LogP contribution is 2.31. The molecule has 1 heterocycles. The summed E-state index contributed by atoms with van der Waals surface area (Å²) in [6.07, 6.45) is 7.94. The Morgan fingerprint density at radius 3 is 2.38 bits per heavy atom. The molecule has 1 unspecified atom stereocenters. The van der Waals surface area contributed by atoms with E-state index in [9.17, 15) is 9.59 Å². The Balaban J connectivity index is 1.87. The third kappa shape index (κ3) is 4.19. The second-order valence-electron chi connectivity index (χ2n) is 6.54. The number of hydrogen-bond donors (Lipinski definition) is 2. The Hall–Kier alpha value is -1.10. The number of nitrogens with zero attached hydrogens (tertiary/aromatic N) is 1. The largest absolute Gasteiger partial charge is 0.357 e. The van der Waals surface area contributed by atoms with Crippen molar-refractivity contribution in [3.8, 4) is 0 Å². The summed E-state index contributed by atoms with van der Waals surface area (Å²) < 4.78 is 0. The maximum absolute atomic E-state index is 12.6. The highest BCUT2D eigenvalue weighted by atomic mass is 16.2. The smallest absolute Gasteiger partial charge is 0.242 e. The van der Waals surface area contributed by atoms with Crippen LogP contribution >= 0.6 is 0 Å². The van der Waals surface area contributed by atoms with Crippen LogP contribution in [0.2, 0.25) is 0 Å². The van der Waals surface area contributed by atoms with Gasteiger partial charge in [0.2, 0.25) is 11.8 Å². The van der Waals surface area contributed by atoms with E-state index >= 15 is 0 Å². The van der Waals surface area contributed by atoms with Crippen LogP contribution in [0.1, 0.15) is 51.4 Å². The highest BCUT2D eigenvalue weighted by Gasteiger charge is 2.33. The lowest BCUT2D eigenvalue weighted by Gasteiger charge is -2.36. The summed E-state index contributed by atoms with van der Waals surface area (Å²) >= 11 is 0. The molecule has 21 heavy (non-hydrogen) atoms. The molecule has 0 bridgehead atoms. The van der Waals surface area contributed by atoms with Gasteiger partial charge in [-0.25, -0.2) is 0 Å². The van der Waals surface area contributed by atoms with Crippen LogP contribution in [0.5, 0.6) is 0 Å². The highest BCUT2D eigenvalue weighted by molar-refractivity contribution is 5.87. The first-order chi connectivity index (χ1) is 10.2. The number of nitrogens with two attached hydrogens (primary N) is 1. The van der Waals surface area contributed by atoms with E-state index in [0.29, 0.717) is 18.3 Å². The summed E-state index contributed by atoms with van der Waals surface area (Å²) in [5.41, 5.74) is 5.71. The van der Waals surface area contributed by atoms with Crippen molar-refractivity contribution in [2.75, 3.05) is 20.1 Å². The van der Waals surface area contributed by atoms with Gasteiger partial charge in [-0.3, -0.25) is 9.59 Å². The lowest BCUT2D eigenvalue weighted by atomic mass is 9.80. The van der Waals surface area contributed by atoms with E-state index in [2.05, 4.69) is 5.32 Å². The number of rotatable bonds is 4. The number of nitrogens with one attached hydrogen (secondary N) is 1. The number of likely N-dealkylation sites (N-methyl/N-ethyl adjacent to an activating group) is 1. The van der Waals surface area contributed by atoms with E-state index in [-0.39, 0.29) is 17.9 Å². The van der Waals surface area contributed by atoms with Crippen LogP contribution < -0.4 is 11.1 Å². The second-order valence-corrected chi connectivity index (χ2v) is 6.54. The minimum absolute atomic E-state index is 0.0186. The van der Waals surface area contributed by atoms with Crippen molar-refractivity contribution in [1.82, 2.24) is 10.2 Å². The zero-order valence-corrected chi connectivity index (χ0v) is 13.1. The molecule has 1 aliphatic carbocycles. The summed E-state index contributed by atoms with van der Waals surface area (Å²) in [5, 5.41) is 2.69. The monoisotopic (exact) mass is 295 g/mol. The second kappa shape index (κ2) is 7.78. The summed E-state index contributed by atoms with van der Waals surface area (Å²) in [6, 6.07) is -0.253.